The first-order valence-electron chi connectivity index (χ1n) is 4.68. The third-order valence-corrected chi connectivity index (χ3v) is 7.79. The van der Waals surface area contributed by atoms with Crippen molar-refractivity contribution in [2.24, 2.45) is 0 Å². The summed E-state index contributed by atoms with van der Waals surface area (Å²) in [7, 11) is 0. The van der Waals surface area contributed by atoms with Gasteiger partial charge in [0.1, 0.15) is 0 Å². The van der Waals surface area contributed by atoms with E-state index in [1.807, 2.05) is 18.2 Å². The van der Waals surface area contributed by atoms with Gasteiger partial charge in [-0.05, 0) is 0 Å². The number of carbonyl (C=O) groups is 1. The van der Waals surface area contributed by atoms with E-state index in [0.29, 0.717) is 5.75 Å². The molecule has 1 aromatic carbocycles. The van der Waals surface area contributed by atoms with Crippen LogP contribution in [0, 0.1) is 0 Å². The van der Waals surface area contributed by atoms with Crippen molar-refractivity contribution in [2.45, 2.75) is 21.7 Å². The number of hydrogen-bond donors (Lipinski definition) is 0. The zero-order chi connectivity index (χ0) is 10.8. The zero-order valence-corrected chi connectivity index (χ0v) is 12.0. The number of hydrogen-bond acceptors (Lipinski definition) is 2. The maximum absolute atomic E-state index is 10.8. The van der Waals surface area contributed by atoms with Gasteiger partial charge in [-0.3, -0.25) is 0 Å². The van der Waals surface area contributed by atoms with Crippen LogP contribution in [0.15, 0.2) is 24.3 Å². The predicted molar refractivity (Wildman–Crippen MR) is 60.7 cm³/mol. The van der Waals surface area contributed by atoms with E-state index in [9.17, 15) is 4.79 Å². The van der Waals surface area contributed by atoms with E-state index in [1.54, 1.807) is 0 Å². The predicted octanol–water partition coefficient (Wildman–Crippen LogP) is 2.16. The Morgan fingerprint density at radius 1 is 1.29 bits per heavy atom. The van der Waals surface area contributed by atoms with Gasteiger partial charge < -0.3 is 0 Å². The Bertz CT molecular complexity index is 339. The van der Waals surface area contributed by atoms with Crippen LogP contribution in [-0.2, 0) is 4.79 Å². The van der Waals surface area contributed by atoms with Gasteiger partial charge in [0.25, 0.3) is 0 Å². The van der Waals surface area contributed by atoms with Gasteiger partial charge in [-0.2, -0.15) is 0 Å². The van der Waals surface area contributed by atoms with Crippen molar-refractivity contribution >= 4 is 27.9 Å². The maximum atomic E-state index is 10.8. The van der Waals surface area contributed by atoms with Crippen LogP contribution in [0.3, 0.4) is 0 Å². The topological polar surface area (TPSA) is 26.3 Å². The first kappa shape index (κ1) is 11.6. The summed E-state index contributed by atoms with van der Waals surface area (Å²) in [6.45, 7) is 1.42. The Kier molecular flexibility index (Phi) is 3.58. The van der Waals surface area contributed by atoms with Gasteiger partial charge in [-0.15, -0.1) is 0 Å². The monoisotopic (exact) mass is 300 g/mol. The molecule has 0 saturated heterocycles. The number of benzene rings is 1. The molecule has 0 radical (unpaired) electrons. The second-order valence-electron chi connectivity index (χ2n) is 4.37. The summed E-state index contributed by atoms with van der Waals surface area (Å²) < 4.78 is 6.42. The van der Waals surface area contributed by atoms with Crippen LogP contribution >= 0.6 is 0 Å². The van der Waals surface area contributed by atoms with Crippen LogP contribution in [0.2, 0.25) is 14.8 Å². The van der Waals surface area contributed by atoms with E-state index in [1.165, 1.54) is 10.5 Å². The Morgan fingerprint density at radius 3 is 2.43 bits per heavy atom. The second kappa shape index (κ2) is 4.34. The number of esters is 1. The van der Waals surface area contributed by atoms with Crippen LogP contribution in [0.4, 0.5) is 0 Å². The fourth-order valence-electron chi connectivity index (χ4n) is 1.19. The van der Waals surface area contributed by atoms with Gasteiger partial charge >= 0.3 is 89.2 Å². The minimum atomic E-state index is -2.02. The van der Waals surface area contributed by atoms with Crippen molar-refractivity contribution < 1.29 is 9.53 Å². The van der Waals surface area contributed by atoms with Crippen molar-refractivity contribution in [3.05, 3.63) is 24.3 Å². The summed E-state index contributed by atoms with van der Waals surface area (Å²) in [5, 5.41) is 0. The molecule has 0 aromatic heterocycles. The molecular formula is C11H16O2Sn. The Hall–Kier alpha value is -0.511. The molecular weight excluding hydrogens is 283 g/mol. The summed E-state index contributed by atoms with van der Waals surface area (Å²) in [4.78, 5) is 17.8. The molecule has 3 heteroatoms. The molecule has 0 aliphatic heterocycles. The molecule has 0 saturated carbocycles. The molecule has 2 nitrogen and oxygen atoms in total. The van der Waals surface area contributed by atoms with E-state index < -0.39 is 18.4 Å². The van der Waals surface area contributed by atoms with Gasteiger partial charge in [0, 0.05) is 0 Å². The van der Waals surface area contributed by atoms with Crippen molar-refractivity contribution in [2.75, 3.05) is 0 Å². The summed E-state index contributed by atoms with van der Waals surface area (Å²) >= 11 is -2.02. The molecule has 1 rings (SSSR count). The molecule has 0 unspecified atom stereocenters. The van der Waals surface area contributed by atoms with E-state index in [-0.39, 0.29) is 5.97 Å². The van der Waals surface area contributed by atoms with Gasteiger partial charge in [0.15, 0.2) is 0 Å². The third kappa shape index (κ3) is 3.33. The number of ether oxygens (including phenoxy) is 1. The molecule has 0 amide bonds. The van der Waals surface area contributed by atoms with Crippen LogP contribution in [0.1, 0.15) is 6.92 Å². The summed E-state index contributed by atoms with van der Waals surface area (Å²) in [5.41, 5.74) is 0. The Labute approximate surface area is 89.1 Å². The molecule has 0 bridgehead atoms. The molecule has 14 heavy (non-hydrogen) atoms. The first-order chi connectivity index (χ1) is 6.39. The van der Waals surface area contributed by atoms with E-state index in [0.717, 1.165) is 0 Å². The second-order valence-corrected chi connectivity index (χ2v) is 18.9. The Balaban J connectivity index is 2.95. The van der Waals surface area contributed by atoms with E-state index in [4.69, 9.17) is 4.74 Å². The number of rotatable bonds is 2. The average molecular weight is 299 g/mol. The van der Waals surface area contributed by atoms with Gasteiger partial charge in [0.05, 0.1) is 0 Å². The molecule has 0 aliphatic rings. The van der Waals surface area contributed by atoms with Crippen LogP contribution in [0.5, 0.6) is 5.75 Å². The fourth-order valence-corrected chi connectivity index (χ4v) is 4.54. The van der Waals surface area contributed by atoms with Crippen molar-refractivity contribution in [3.8, 4) is 5.75 Å². The molecule has 76 valence electrons. The first-order valence-corrected chi connectivity index (χ1v) is 14.7. The van der Waals surface area contributed by atoms with Crippen molar-refractivity contribution in [3.63, 3.8) is 0 Å². The SMILES string of the molecule is CC(=O)Oc1ccc[c]([Sn]([CH3])([CH3])[CH3])c1. The summed E-state index contributed by atoms with van der Waals surface area (Å²) in [6, 6.07) is 7.90. The molecule has 0 heterocycles. The summed E-state index contributed by atoms with van der Waals surface area (Å²) in [6.07, 6.45) is 0. The Morgan fingerprint density at radius 2 is 1.93 bits per heavy atom. The quantitative estimate of drug-likeness (QED) is 0.475. The zero-order valence-electron chi connectivity index (χ0n) is 9.13. The molecule has 0 aliphatic carbocycles. The van der Waals surface area contributed by atoms with Gasteiger partial charge in [0.2, 0.25) is 0 Å². The third-order valence-electron chi connectivity index (χ3n) is 1.96. The molecule has 0 atom stereocenters. The average Bonchev–Trinajstić information content (AvgIpc) is 2.01. The van der Waals surface area contributed by atoms with Crippen molar-refractivity contribution in [1.29, 1.82) is 0 Å². The molecule has 1 aromatic rings. The van der Waals surface area contributed by atoms with Gasteiger partial charge in [-0.1, -0.05) is 0 Å². The normalized spacial score (nSPS) is 11.1. The van der Waals surface area contributed by atoms with Gasteiger partial charge in [-0.25, -0.2) is 0 Å². The molecule has 0 fully saturated rings. The summed E-state index contributed by atoms with van der Waals surface area (Å²) in [5.74, 6) is 0.410. The van der Waals surface area contributed by atoms with Crippen molar-refractivity contribution in [1.82, 2.24) is 0 Å². The van der Waals surface area contributed by atoms with Crippen LogP contribution in [-0.4, -0.2) is 24.3 Å². The van der Waals surface area contributed by atoms with Crippen LogP contribution < -0.4 is 8.32 Å². The standard InChI is InChI=1S/C8H7O2.3CH3.Sn/c1-7(9)10-8-5-3-2-4-6-8;;;;/h2-3,5-6H,1H3;3*1H3;. The van der Waals surface area contributed by atoms with E-state index >= 15 is 0 Å². The molecule has 0 N–H and O–H groups in total. The number of carbonyl (C=O) groups excluding carboxylic acids is 1. The van der Waals surface area contributed by atoms with Crippen LogP contribution in [0.25, 0.3) is 0 Å². The molecule has 0 spiro atoms. The fraction of sp³-hybridized carbons (Fsp3) is 0.364. The minimum absolute atomic E-state index is 0.258. The van der Waals surface area contributed by atoms with E-state index in [2.05, 4.69) is 20.9 Å².